The molecule has 0 radical (unpaired) electrons. The quantitative estimate of drug-likeness (QED) is 0.448. The molecule has 0 spiro atoms. The monoisotopic (exact) mass is 399 g/mol. The van der Waals surface area contributed by atoms with Gasteiger partial charge in [0.05, 0.1) is 0 Å². The van der Waals surface area contributed by atoms with Gasteiger partial charge in [0.15, 0.2) is 15.9 Å². The van der Waals surface area contributed by atoms with Crippen LogP contribution in [0.4, 0.5) is 0 Å². The molecule has 4 heteroatoms. The molecular weight excluding hydrogens is 378 g/mol. The number of ketones is 2. The topological polar surface area (TPSA) is 46.2 Å². The minimum atomic E-state index is -1.21. The summed E-state index contributed by atoms with van der Waals surface area (Å²) < 4.78 is -1.21. The van der Waals surface area contributed by atoms with E-state index in [1.54, 1.807) is 24.3 Å². The molecule has 1 N–H and O–H groups in total. The molecule has 1 fully saturated rings. The summed E-state index contributed by atoms with van der Waals surface area (Å²) in [5.74, 6) is 0.0434. The summed E-state index contributed by atoms with van der Waals surface area (Å²) in [4.78, 5) is 26.5. The Morgan fingerprint density at radius 3 is 1.76 bits per heavy atom. The maximum Gasteiger partial charge on any atom is 0.187 e. The van der Waals surface area contributed by atoms with Gasteiger partial charge < -0.3 is 5.32 Å². The number of carbonyl (C=O) groups is 2. The molecule has 2 aromatic rings. The van der Waals surface area contributed by atoms with Gasteiger partial charge in [0.1, 0.15) is 0 Å². The molecule has 2 aromatic carbocycles. The highest BCUT2D eigenvalue weighted by Crippen LogP contribution is 2.37. The molecular formula is C21H22BrNO2. The van der Waals surface area contributed by atoms with Gasteiger partial charge in [0, 0.05) is 11.1 Å². The Labute approximate surface area is 157 Å². The van der Waals surface area contributed by atoms with Crippen molar-refractivity contribution in [2.45, 2.75) is 23.6 Å². The number of piperidine rings is 1. The van der Waals surface area contributed by atoms with Gasteiger partial charge in [-0.05, 0) is 38.3 Å². The van der Waals surface area contributed by atoms with Gasteiger partial charge in [-0.1, -0.05) is 76.6 Å². The van der Waals surface area contributed by atoms with Crippen molar-refractivity contribution in [1.29, 1.82) is 0 Å². The van der Waals surface area contributed by atoms with Gasteiger partial charge >= 0.3 is 0 Å². The summed E-state index contributed by atoms with van der Waals surface area (Å²) in [6.07, 6.45) is 2.49. The highest BCUT2D eigenvalue weighted by molar-refractivity contribution is 9.10. The standard InChI is InChI=1S/C21H22BrNO2/c22-21(15-16-11-13-23-14-12-16,19(24)17-7-3-1-4-8-17)20(25)18-9-5-2-6-10-18/h1-10,16,23H,11-15H2. The third-order valence-electron chi connectivity index (χ3n) is 4.82. The number of hydrogen-bond donors (Lipinski definition) is 1. The molecule has 0 aromatic heterocycles. The lowest BCUT2D eigenvalue weighted by Crippen LogP contribution is -2.44. The molecule has 0 unspecified atom stereocenters. The van der Waals surface area contributed by atoms with Crippen molar-refractivity contribution in [3.05, 3.63) is 71.8 Å². The molecule has 130 valence electrons. The normalized spacial score (nSPS) is 15.7. The molecule has 1 aliphatic heterocycles. The lowest BCUT2D eigenvalue weighted by atomic mass is 9.80. The number of benzene rings is 2. The van der Waals surface area contributed by atoms with E-state index in [2.05, 4.69) is 21.2 Å². The lowest BCUT2D eigenvalue weighted by molar-refractivity contribution is 0.0817. The number of hydrogen-bond acceptors (Lipinski definition) is 3. The Bertz CT molecular complexity index is 673. The van der Waals surface area contributed by atoms with E-state index in [1.807, 2.05) is 36.4 Å². The van der Waals surface area contributed by atoms with E-state index >= 15 is 0 Å². The Balaban J connectivity index is 1.95. The Morgan fingerprint density at radius 1 is 0.880 bits per heavy atom. The maximum atomic E-state index is 13.3. The van der Waals surface area contributed by atoms with Gasteiger partial charge in [-0.25, -0.2) is 0 Å². The minimum absolute atomic E-state index is 0.152. The number of nitrogens with one attached hydrogen (secondary N) is 1. The first-order valence-electron chi connectivity index (χ1n) is 8.70. The van der Waals surface area contributed by atoms with Crippen LogP contribution in [0.1, 0.15) is 40.0 Å². The third-order valence-corrected chi connectivity index (χ3v) is 5.86. The first-order valence-corrected chi connectivity index (χ1v) is 9.50. The predicted octanol–water partition coefficient (Wildman–Crippen LogP) is 4.28. The van der Waals surface area contributed by atoms with Crippen LogP contribution in [0.2, 0.25) is 0 Å². The maximum absolute atomic E-state index is 13.3. The van der Waals surface area contributed by atoms with Crippen LogP contribution in [0.5, 0.6) is 0 Å². The summed E-state index contributed by atoms with van der Waals surface area (Å²) in [7, 11) is 0. The lowest BCUT2D eigenvalue weighted by Gasteiger charge is -2.31. The van der Waals surface area contributed by atoms with Crippen molar-refractivity contribution in [1.82, 2.24) is 5.32 Å². The predicted molar refractivity (Wildman–Crippen MR) is 103 cm³/mol. The van der Waals surface area contributed by atoms with Crippen molar-refractivity contribution in [2.75, 3.05) is 13.1 Å². The second kappa shape index (κ2) is 8.07. The molecule has 25 heavy (non-hydrogen) atoms. The van der Waals surface area contributed by atoms with Crippen molar-refractivity contribution < 1.29 is 9.59 Å². The molecule has 0 atom stereocenters. The molecule has 3 rings (SSSR count). The van der Waals surface area contributed by atoms with Gasteiger partial charge in [0.25, 0.3) is 0 Å². The van der Waals surface area contributed by atoms with Crippen molar-refractivity contribution in [3.8, 4) is 0 Å². The first kappa shape index (κ1) is 18.0. The smallest absolute Gasteiger partial charge is 0.187 e. The number of halogens is 1. The van der Waals surface area contributed by atoms with Crippen LogP contribution < -0.4 is 5.32 Å². The molecule has 0 saturated carbocycles. The second-order valence-corrected chi connectivity index (χ2v) is 7.94. The van der Waals surface area contributed by atoms with Crippen molar-refractivity contribution >= 4 is 27.5 Å². The summed E-state index contributed by atoms with van der Waals surface area (Å²) in [5, 5.41) is 3.34. The van der Waals surface area contributed by atoms with E-state index < -0.39 is 4.32 Å². The van der Waals surface area contributed by atoms with Gasteiger partial charge in [0.2, 0.25) is 0 Å². The van der Waals surface area contributed by atoms with Crippen LogP contribution in [0, 0.1) is 5.92 Å². The first-order chi connectivity index (χ1) is 12.1. The van der Waals surface area contributed by atoms with E-state index in [-0.39, 0.29) is 11.6 Å². The molecule has 0 amide bonds. The summed E-state index contributed by atoms with van der Waals surface area (Å²) in [5.41, 5.74) is 1.13. The van der Waals surface area contributed by atoms with E-state index in [0.29, 0.717) is 23.5 Å². The summed E-state index contributed by atoms with van der Waals surface area (Å²) in [6, 6.07) is 18.2. The van der Waals surface area contributed by atoms with Gasteiger partial charge in [-0.15, -0.1) is 0 Å². The van der Waals surface area contributed by atoms with Crippen LogP contribution >= 0.6 is 15.9 Å². The van der Waals surface area contributed by atoms with Crippen LogP contribution in [-0.4, -0.2) is 29.0 Å². The van der Waals surface area contributed by atoms with E-state index in [0.717, 1.165) is 25.9 Å². The molecule has 0 aliphatic carbocycles. The number of carbonyl (C=O) groups excluding carboxylic acids is 2. The second-order valence-electron chi connectivity index (χ2n) is 6.59. The molecule has 0 bridgehead atoms. The van der Waals surface area contributed by atoms with Crippen LogP contribution in [0.15, 0.2) is 60.7 Å². The number of Topliss-reactive ketones (excluding diaryl/α,β-unsaturated/α-hetero) is 2. The Hall–Kier alpha value is -1.78. The van der Waals surface area contributed by atoms with Gasteiger partial charge in [-0.2, -0.15) is 0 Å². The minimum Gasteiger partial charge on any atom is -0.317 e. The fourth-order valence-electron chi connectivity index (χ4n) is 3.41. The van der Waals surface area contributed by atoms with E-state index in [1.165, 1.54) is 0 Å². The van der Waals surface area contributed by atoms with E-state index in [4.69, 9.17) is 0 Å². The molecule has 1 saturated heterocycles. The highest BCUT2D eigenvalue weighted by atomic mass is 79.9. The molecule has 3 nitrogen and oxygen atoms in total. The third kappa shape index (κ3) is 4.07. The zero-order chi connectivity index (χ0) is 17.7. The SMILES string of the molecule is O=C(c1ccccc1)C(Br)(CC1CCNCC1)C(=O)c1ccccc1. The highest BCUT2D eigenvalue weighted by Gasteiger charge is 2.45. The van der Waals surface area contributed by atoms with Crippen molar-refractivity contribution in [2.24, 2.45) is 5.92 Å². The summed E-state index contributed by atoms with van der Waals surface area (Å²) in [6.45, 7) is 1.87. The molecule has 1 heterocycles. The summed E-state index contributed by atoms with van der Waals surface area (Å²) >= 11 is 3.61. The van der Waals surface area contributed by atoms with E-state index in [9.17, 15) is 9.59 Å². The zero-order valence-corrected chi connectivity index (χ0v) is 15.7. The number of alkyl halides is 1. The van der Waals surface area contributed by atoms with Crippen LogP contribution in [0.3, 0.4) is 0 Å². The van der Waals surface area contributed by atoms with Crippen LogP contribution in [0.25, 0.3) is 0 Å². The number of rotatable bonds is 6. The van der Waals surface area contributed by atoms with Crippen LogP contribution in [-0.2, 0) is 0 Å². The zero-order valence-electron chi connectivity index (χ0n) is 14.1. The molecule has 1 aliphatic rings. The average molecular weight is 400 g/mol. The average Bonchev–Trinajstić information content (AvgIpc) is 2.69. The largest absolute Gasteiger partial charge is 0.317 e. The fourth-order valence-corrected chi connectivity index (χ4v) is 4.32. The fraction of sp³-hybridized carbons (Fsp3) is 0.333. The Morgan fingerprint density at radius 2 is 1.32 bits per heavy atom. The van der Waals surface area contributed by atoms with Crippen molar-refractivity contribution in [3.63, 3.8) is 0 Å². The Kier molecular flexibility index (Phi) is 5.82. The van der Waals surface area contributed by atoms with Gasteiger partial charge in [-0.3, -0.25) is 9.59 Å².